The quantitative estimate of drug-likeness (QED) is 0.168. The second-order valence-electron chi connectivity index (χ2n) is 8.59. The molecule has 0 fully saturated rings. The lowest BCUT2D eigenvalue weighted by atomic mass is 10.1. The Morgan fingerprint density at radius 1 is 0.839 bits per heavy atom. The molecule has 1 heterocycles. The number of rotatable bonds is 20. The summed E-state index contributed by atoms with van der Waals surface area (Å²) in [6, 6.07) is 1.59. The number of aromatic amines is 1. The third-order valence-corrected chi connectivity index (χ3v) is 5.61. The Hall–Kier alpha value is -1.91. The van der Waals surface area contributed by atoms with Crippen molar-refractivity contribution in [2.24, 2.45) is 0 Å². The van der Waals surface area contributed by atoms with Crippen LogP contribution in [0.1, 0.15) is 122 Å². The van der Waals surface area contributed by atoms with Gasteiger partial charge in [0.2, 0.25) is 5.91 Å². The summed E-state index contributed by atoms with van der Waals surface area (Å²) in [5, 5.41) is 2.70. The molecular weight excluding hydrogens is 386 g/mol. The van der Waals surface area contributed by atoms with Crippen LogP contribution >= 0.6 is 0 Å². The fraction of sp³-hybridized carbons (Fsp3) is 0.731. The predicted molar refractivity (Wildman–Crippen MR) is 131 cm³/mol. The van der Waals surface area contributed by atoms with Crippen molar-refractivity contribution in [3.05, 3.63) is 34.9 Å². The van der Waals surface area contributed by atoms with E-state index in [0.717, 1.165) is 12.8 Å². The van der Waals surface area contributed by atoms with E-state index in [1.807, 2.05) is 0 Å². The number of H-pyrrole nitrogens is 1. The first kappa shape index (κ1) is 27.1. The Morgan fingerprint density at radius 2 is 1.35 bits per heavy atom. The van der Waals surface area contributed by atoms with Crippen LogP contribution in [0.4, 0.5) is 5.82 Å². The first-order valence-electron chi connectivity index (χ1n) is 12.7. The van der Waals surface area contributed by atoms with Crippen molar-refractivity contribution in [3.8, 4) is 0 Å². The summed E-state index contributed by atoms with van der Waals surface area (Å²) >= 11 is 0. The molecule has 0 saturated carbocycles. The van der Waals surface area contributed by atoms with Crippen LogP contribution in [0.3, 0.4) is 0 Å². The predicted octanol–water partition coefficient (Wildman–Crippen LogP) is 7.31. The Labute approximate surface area is 189 Å². The van der Waals surface area contributed by atoms with Gasteiger partial charge in [0.15, 0.2) is 0 Å². The average molecular weight is 432 g/mol. The van der Waals surface area contributed by atoms with Crippen molar-refractivity contribution in [3.63, 3.8) is 0 Å². The number of carbonyl (C=O) groups is 1. The number of nitrogens with zero attached hydrogens (tertiary/aromatic N) is 1. The number of carbonyl (C=O) groups excluding carboxylic acids is 1. The van der Waals surface area contributed by atoms with Gasteiger partial charge in [-0.1, -0.05) is 96.1 Å². The molecule has 1 amide bonds. The highest BCUT2D eigenvalue weighted by Gasteiger charge is 2.02. The van der Waals surface area contributed by atoms with E-state index in [4.69, 9.17) is 0 Å². The van der Waals surface area contributed by atoms with Gasteiger partial charge in [0, 0.05) is 12.6 Å². The van der Waals surface area contributed by atoms with E-state index in [1.54, 1.807) is 6.07 Å². The van der Waals surface area contributed by atoms with Crippen LogP contribution in [-0.2, 0) is 4.79 Å². The molecule has 1 aromatic heterocycles. The first-order chi connectivity index (χ1) is 15.2. The fourth-order valence-corrected chi connectivity index (χ4v) is 3.72. The topological polar surface area (TPSA) is 74.8 Å². The summed E-state index contributed by atoms with van der Waals surface area (Å²) in [4.78, 5) is 29.0. The van der Waals surface area contributed by atoms with E-state index in [-0.39, 0.29) is 5.91 Å². The van der Waals surface area contributed by atoms with Crippen molar-refractivity contribution in [2.75, 3.05) is 5.32 Å². The van der Waals surface area contributed by atoms with Crippen LogP contribution in [0, 0.1) is 0 Å². The highest BCUT2D eigenvalue weighted by atomic mass is 16.2. The van der Waals surface area contributed by atoms with Crippen LogP contribution in [0.15, 0.2) is 29.2 Å². The molecule has 0 unspecified atom stereocenters. The van der Waals surface area contributed by atoms with Gasteiger partial charge in [-0.2, -0.15) is 0 Å². The monoisotopic (exact) mass is 431 g/mol. The maximum atomic E-state index is 11.8. The molecule has 5 heteroatoms. The third kappa shape index (κ3) is 17.5. The average Bonchev–Trinajstić information content (AvgIpc) is 2.75. The highest BCUT2D eigenvalue weighted by molar-refractivity contribution is 5.89. The van der Waals surface area contributed by atoms with Crippen LogP contribution in [0.2, 0.25) is 0 Å². The van der Waals surface area contributed by atoms with Gasteiger partial charge in [0.1, 0.15) is 5.82 Å². The standard InChI is InChI=1S/C26H45N3O2/c1-2-3-4-5-6-7-8-9-10-11-12-13-14-15-16-17-18-19-20-21-25(30)28-24-22-23-27-26(31)29-24/h11-12,22-23H,2-10,13-21H2,1H3,(H2,27,28,29,30,31). The maximum Gasteiger partial charge on any atom is 0.346 e. The smallest absolute Gasteiger partial charge is 0.312 e. The van der Waals surface area contributed by atoms with Gasteiger partial charge in [-0.3, -0.25) is 9.78 Å². The summed E-state index contributed by atoms with van der Waals surface area (Å²) in [6.07, 6.45) is 28.6. The van der Waals surface area contributed by atoms with Gasteiger partial charge in [-0.25, -0.2) is 9.78 Å². The number of hydrogen-bond acceptors (Lipinski definition) is 3. The van der Waals surface area contributed by atoms with Crippen molar-refractivity contribution in [2.45, 2.75) is 122 Å². The minimum absolute atomic E-state index is 0.0550. The molecule has 5 nitrogen and oxygen atoms in total. The van der Waals surface area contributed by atoms with Gasteiger partial charge in [0.25, 0.3) is 0 Å². The Kier molecular flexibility index (Phi) is 17.5. The van der Waals surface area contributed by atoms with E-state index in [0.29, 0.717) is 12.2 Å². The molecule has 0 aliphatic heterocycles. The van der Waals surface area contributed by atoms with Crippen molar-refractivity contribution < 1.29 is 4.79 Å². The zero-order valence-corrected chi connectivity index (χ0v) is 19.8. The Bertz CT molecular complexity index is 640. The number of anilines is 1. The van der Waals surface area contributed by atoms with Crippen molar-refractivity contribution in [1.82, 2.24) is 9.97 Å². The number of nitrogens with one attached hydrogen (secondary N) is 2. The third-order valence-electron chi connectivity index (χ3n) is 5.61. The van der Waals surface area contributed by atoms with Gasteiger partial charge in [0.05, 0.1) is 0 Å². The summed E-state index contributed by atoms with van der Waals surface area (Å²) in [5.41, 5.74) is -0.447. The zero-order valence-electron chi connectivity index (χ0n) is 19.8. The summed E-state index contributed by atoms with van der Waals surface area (Å²) in [7, 11) is 0. The molecule has 0 atom stereocenters. The number of amides is 1. The fourth-order valence-electron chi connectivity index (χ4n) is 3.72. The van der Waals surface area contributed by atoms with E-state index in [1.165, 1.54) is 103 Å². The lowest BCUT2D eigenvalue weighted by Gasteiger charge is -2.04. The Balaban J connectivity index is 1.80. The number of allylic oxidation sites excluding steroid dienone is 2. The van der Waals surface area contributed by atoms with Crippen LogP contribution in [0.25, 0.3) is 0 Å². The maximum absolute atomic E-state index is 11.8. The molecule has 0 aliphatic carbocycles. The molecule has 176 valence electrons. The molecule has 1 rings (SSSR count). The molecule has 0 aromatic carbocycles. The first-order valence-corrected chi connectivity index (χ1v) is 12.7. The molecular formula is C26H45N3O2. The molecule has 0 saturated heterocycles. The highest BCUT2D eigenvalue weighted by Crippen LogP contribution is 2.12. The largest absolute Gasteiger partial charge is 0.346 e. The van der Waals surface area contributed by atoms with Gasteiger partial charge in [-0.15, -0.1) is 0 Å². The second kappa shape index (κ2) is 20.0. The van der Waals surface area contributed by atoms with Crippen molar-refractivity contribution in [1.29, 1.82) is 0 Å². The lowest BCUT2D eigenvalue weighted by Crippen LogP contribution is -2.17. The molecule has 0 radical (unpaired) electrons. The van der Waals surface area contributed by atoms with Crippen LogP contribution in [-0.4, -0.2) is 15.9 Å². The lowest BCUT2D eigenvalue weighted by molar-refractivity contribution is -0.116. The van der Waals surface area contributed by atoms with Crippen LogP contribution in [0.5, 0.6) is 0 Å². The summed E-state index contributed by atoms with van der Waals surface area (Å²) in [5.74, 6) is 0.359. The summed E-state index contributed by atoms with van der Waals surface area (Å²) in [6.45, 7) is 2.27. The Morgan fingerprint density at radius 3 is 1.90 bits per heavy atom. The normalized spacial score (nSPS) is 11.3. The van der Waals surface area contributed by atoms with Gasteiger partial charge in [-0.05, 0) is 38.2 Å². The molecule has 31 heavy (non-hydrogen) atoms. The van der Waals surface area contributed by atoms with Gasteiger partial charge < -0.3 is 5.32 Å². The van der Waals surface area contributed by atoms with Gasteiger partial charge >= 0.3 is 5.69 Å². The molecule has 0 aliphatic rings. The number of unbranched alkanes of at least 4 members (excludes halogenated alkanes) is 15. The van der Waals surface area contributed by atoms with Crippen LogP contribution < -0.4 is 11.0 Å². The minimum atomic E-state index is -0.447. The number of hydrogen-bond donors (Lipinski definition) is 2. The second-order valence-corrected chi connectivity index (χ2v) is 8.59. The SMILES string of the molecule is CCCCCCCCCCC=CCCCCCCCCCC(=O)Nc1ccnc(=O)[nH]1. The van der Waals surface area contributed by atoms with E-state index < -0.39 is 5.69 Å². The molecule has 1 aromatic rings. The summed E-state index contributed by atoms with van der Waals surface area (Å²) < 4.78 is 0. The number of aromatic nitrogens is 2. The van der Waals surface area contributed by atoms with Crippen molar-refractivity contribution >= 4 is 11.7 Å². The minimum Gasteiger partial charge on any atom is -0.312 e. The zero-order chi connectivity index (χ0) is 22.4. The van der Waals surface area contributed by atoms with E-state index in [2.05, 4.69) is 34.4 Å². The molecule has 2 N–H and O–H groups in total. The molecule has 0 spiro atoms. The molecule has 0 bridgehead atoms. The van der Waals surface area contributed by atoms with E-state index >= 15 is 0 Å². The van der Waals surface area contributed by atoms with E-state index in [9.17, 15) is 9.59 Å².